The van der Waals surface area contributed by atoms with Crippen LogP contribution in [0.25, 0.3) is 0 Å². The summed E-state index contributed by atoms with van der Waals surface area (Å²) in [5.74, 6) is 0.0732. The molecule has 0 spiro atoms. The third kappa shape index (κ3) is 4.28. The lowest BCUT2D eigenvalue weighted by Gasteiger charge is -2.07. The van der Waals surface area contributed by atoms with Gasteiger partial charge < -0.3 is 15.4 Å². The summed E-state index contributed by atoms with van der Waals surface area (Å²) in [6, 6.07) is 4.21. The summed E-state index contributed by atoms with van der Waals surface area (Å²) in [5.41, 5.74) is 0.813. The minimum Gasteiger partial charge on any atom is -0.508 e. The Kier molecular flexibility index (Phi) is 6.05. The van der Waals surface area contributed by atoms with Crippen molar-refractivity contribution < 1.29 is 15.4 Å². The second-order valence-corrected chi connectivity index (χ2v) is 4.41. The monoisotopic (exact) mass is 251 g/mol. The predicted molar refractivity (Wildman–Crippen MR) is 71.5 cm³/mol. The van der Waals surface area contributed by atoms with Crippen LogP contribution in [-0.2, 0) is 0 Å². The van der Waals surface area contributed by atoms with Gasteiger partial charge in [0.05, 0.1) is 5.71 Å². The van der Waals surface area contributed by atoms with Gasteiger partial charge in [0.25, 0.3) is 0 Å². The van der Waals surface area contributed by atoms with E-state index in [9.17, 15) is 10.2 Å². The first-order valence-corrected chi connectivity index (χ1v) is 6.42. The smallest absolute Gasteiger partial charge is 0.125 e. The van der Waals surface area contributed by atoms with Crippen molar-refractivity contribution in [2.45, 2.75) is 45.4 Å². The lowest BCUT2D eigenvalue weighted by atomic mass is 10.0. The molecule has 0 aromatic heterocycles. The van der Waals surface area contributed by atoms with E-state index in [1.54, 1.807) is 0 Å². The number of phenolic OH excluding ortho intramolecular Hbond substituents is 2. The zero-order valence-corrected chi connectivity index (χ0v) is 10.8. The lowest BCUT2D eigenvalue weighted by molar-refractivity contribution is 0.317. The Labute approximate surface area is 108 Å². The molecule has 0 heterocycles. The molecule has 4 nitrogen and oxygen atoms in total. The highest BCUT2D eigenvalue weighted by molar-refractivity contribution is 6.02. The zero-order chi connectivity index (χ0) is 13.4. The molecule has 0 saturated heterocycles. The fourth-order valence-electron chi connectivity index (χ4n) is 1.89. The number of nitrogens with zero attached hydrogens (tertiary/aromatic N) is 1. The molecular weight excluding hydrogens is 230 g/mol. The molecule has 0 unspecified atom stereocenters. The van der Waals surface area contributed by atoms with Gasteiger partial charge in [-0.15, -0.1) is 0 Å². The van der Waals surface area contributed by atoms with Gasteiger partial charge in [-0.2, -0.15) is 0 Å². The largest absolute Gasteiger partial charge is 0.508 e. The molecule has 0 atom stereocenters. The molecule has 1 rings (SSSR count). The van der Waals surface area contributed by atoms with Crippen LogP contribution in [0.4, 0.5) is 0 Å². The van der Waals surface area contributed by atoms with E-state index in [1.807, 2.05) is 0 Å². The Hall–Kier alpha value is -1.71. The van der Waals surface area contributed by atoms with Crippen LogP contribution in [0, 0.1) is 0 Å². The number of rotatable bonds is 7. The quantitative estimate of drug-likeness (QED) is 0.228. The SMILES string of the molecule is CCCCCCCC(=NO)c1cc(O)ccc1O. The van der Waals surface area contributed by atoms with E-state index in [0.717, 1.165) is 12.8 Å². The highest BCUT2D eigenvalue weighted by Crippen LogP contribution is 2.24. The number of phenols is 2. The standard InChI is InChI=1S/C14H21NO3/c1-2-3-4-5-6-7-13(15-18)12-10-11(16)8-9-14(12)17/h8-10,16-18H,2-7H2,1H3. The summed E-state index contributed by atoms with van der Waals surface area (Å²) >= 11 is 0. The molecule has 0 aliphatic carbocycles. The van der Waals surface area contributed by atoms with E-state index in [4.69, 9.17) is 5.21 Å². The number of unbranched alkanes of at least 4 members (excludes halogenated alkanes) is 4. The second-order valence-electron chi connectivity index (χ2n) is 4.41. The second kappa shape index (κ2) is 7.58. The van der Waals surface area contributed by atoms with Crippen molar-refractivity contribution in [3.63, 3.8) is 0 Å². The van der Waals surface area contributed by atoms with Crippen LogP contribution in [0.1, 0.15) is 51.0 Å². The molecule has 0 fully saturated rings. The van der Waals surface area contributed by atoms with Crippen LogP contribution in [0.15, 0.2) is 23.4 Å². The summed E-state index contributed by atoms with van der Waals surface area (Å²) in [4.78, 5) is 0. The van der Waals surface area contributed by atoms with Crippen molar-refractivity contribution in [3.05, 3.63) is 23.8 Å². The molecule has 18 heavy (non-hydrogen) atoms. The molecule has 0 aliphatic rings. The number of aromatic hydroxyl groups is 2. The summed E-state index contributed by atoms with van der Waals surface area (Å²) in [7, 11) is 0. The number of oxime groups is 1. The lowest BCUT2D eigenvalue weighted by Crippen LogP contribution is -2.01. The first-order valence-electron chi connectivity index (χ1n) is 6.42. The topological polar surface area (TPSA) is 73.1 Å². The van der Waals surface area contributed by atoms with E-state index in [0.29, 0.717) is 17.7 Å². The van der Waals surface area contributed by atoms with Gasteiger partial charge in [0.15, 0.2) is 0 Å². The minimum atomic E-state index is 0.0224. The van der Waals surface area contributed by atoms with Crippen LogP contribution >= 0.6 is 0 Å². The van der Waals surface area contributed by atoms with E-state index in [-0.39, 0.29) is 11.5 Å². The van der Waals surface area contributed by atoms with Crippen molar-refractivity contribution >= 4 is 5.71 Å². The molecule has 1 aromatic rings. The van der Waals surface area contributed by atoms with E-state index >= 15 is 0 Å². The summed E-state index contributed by atoms with van der Waals surface area (Å²) < 4.78 is 0. The van der Waals surface area contributed by atoms with Crippen LogP contribution in [0.2, 0.25) is 0 Å². The fraction of sp³-hybridized carbons (Fsp3) is 0.500. The number of benzene rings is 1. The number of hydrogen-bond donors (Lipinski definition) is 3. The van der Waals surface area contributed by atoms with Crippen molar-refractivity contribution in [3.8, 4) is 11.5 Å². The average Bonchev–Trinajstić information content (AvgIpc) is 2.37. The van der Waals surface area contributed by atoms with Gasteiger partial charge in [-0.3, -0.25) is 0 Å². The van der Waals surface area contributed by atoms with Crippen LogP contribution in [0.5, 0.6) is 11.5 Å². The molecule has 0 saturated carbocycles. The first-order chi connectivity index (χ1) is 8.69. The molecule has 0 bridgehead atoms. The fourth-order valence-corrected chi connectivity index (χ4v) is 1.89. The van der Waals surface area contributed by atoms with Crippen LogP contribution < -0.4 is 0 Å². The Morgan fingerprint density at radius 3 is 2.50 bits per heavy atom. The molecule has 3 N–H and O–H groups in total. The molecule has 4 heteroatoms. The molecule has 1 aromatic carbocycles. The van der Waals surface area contributed by atoms with E-state index in [1.165, 1.54) is 37.5 Å². The molecular formula is C14H21NO3. The third-order valence-electron chi connectivity index (χ3n) is 2.93. The van der Waals surface area contributed by atoms with Crippen molar-refractivity contribution in [1.29, 1.82) is 0 Å². The Morgan fingerprint density at radius 1 is 1.11 bits per heavy atom. The Balaban J connectivity index is 2.58. The van der Waals surface area contributed by atoms with Crippen molar-refractivity contribution in [2.24, 2.45) is 5.16 Å². The van der Waals surface area contributed by atoms with E-state index < -0.39 is 0 Å². The maximum Gasteiger partial charge on any atom is 0.125 e. The van der Waals surface area contributed by atoms with Crippen molar-refractivity contribution in [2.75, 3.05) is 0 Å². The molecule has 0 aliphatic heterocycles. The maximum absolute atomic E-state index is 9.67. The van der Waals surface area contributed by atoms with Gasteiger partial charge in [-0.25, -0.2) is 0 Å². The van der Waals surface area contributed by atoms with Gasteiger partial charge >= 0.3 is 0 Å². The first kappa shape index (κ1) is 14.4. The molecule has 0 amide bonds. The predicted octanol–water partition coefficient (Wildman–Crippen LogP) is 3.64. The van der Waals surface area contributed by atoms with Crippen LogP contribution in [0.3, 0.4) is 0 Å². The van der Waals surface area contributed by atoms with E-state index in [2.05, 4.69) is 12.1 Å². The third-order valence-corrected chi connectivity index (χ3v) is 2.93. The highest BCUT2D eigenvalue weighted by Gasteiger charge is 2.10. The van der Waals surface area contributed by atoms with Gasteiger partial charge in [0.1, 0.15) is 11.5 Å². The summed E-state index contributed by atoms with van der Waals surface area (Å²) in [6.45, 7) is 2.16. The zero-order valence-electron chi connectivity index (χ0n) is 10.8. The van der Waals surface area contributed by atoms with Gasteiger partial charge in [-0.1, -0.05) is 37.8 Å². The summed E-state index contributed by atoms with van der Waals surface area (Å²) in [5, 5.41) is 31.3. The average molecular weight is 251 g/mol. The Morgan fingerprint density at radius 2 is 1.83 bits per heavy atom. The highest BCUT2D eigenvalue weighted by atomic mass is 16.4. The van der Waals surface area contributed by atoms with Gasteiger partial charge in [-0.05, 0) is 31.0 Å². The summed E-state index contributed by atoms with van der Waals surface area (Å²) in [6.07, 6.45) is 6.15. The minimum absolute atomic E-state index is 0.0224. The molecule has 0 radical (unpaired) electrons. The van der Waals surface area contributed by atoms with Gasteiger partial charge in [0, 0.05) is 5.56 Å². The van der Waals surface area contributed by atoms with Crippen LogP contribution in [-0.4, -0.2) is 21.1 Å². The normalized spacial score (nSPS) is 11.7. The maximum atomic E-state index is 9.67. The van der Waals surface area contributed by atoms with Crippen molar-refractivity contribution in [1.82, 2.24) is 0 Å². The number of hydrogen-bond acceptors (Lipinski definition) is 4. The molecule has 100 valence electrons. The Bertz CT molecular complexity index is 402. The van der Waals surface area contributed by atoms with Gasteiger partial charge in [0.2, 0.25) is 0 Å².